The molecule has 0 amide bonds. The molecular weight excluding hydrogens is 214 g/mol. The second kappa shape index (κ2) is 3.73. The van der Waals surface area contributed by atoms with Crippen molar-refractivity contribution in [2.45, 2.75) is 51.6 Å². The van der Waals surface area contributed by atoms with E-state index < -0.39 is 35.7 Å². The fraction of sp³-hybridized carbons (Fsp3) is 0.750. The molecule has 0 aromatic heterocycles. The lowest BCUT2D eigenvalue weighted by Crippen LogP contribution is -2.47. The smallest absolute Gasteiger partial charge is 0.307 e. The Labute approximate surface area is 94.4 Å². The molecule has 90 valence electrons. The van der Waals surface area contributed by atoms with E-state index in [2.05, 4.69) is 5.92 Å². The fourth-order valence-corrected chi connectivity index (χ4v) is 1.87. The van der Waals surface area contributed by atoms with E-state index in [1.54, 1.807) is 20.8 Å². The van der Waals surface area contributed by atoms with Gasteiger partial charge in [0.1, 0.15) is 5.60 Å². The fourth-order valence-electron chi connectivity index (χ4n) is 1.87. The van der Waals surface area contributed by atoms with Crippen LogP contribution in [0.1, 0.15) is 40.0 Å². The first-order chi connectivity index (χ1) is 7.08. The normalized spacial score (nSPS) is 21.8. The third kappa shape index (κ3) is 3.19. The lowest BCUT2D eigenvalue weighted by Gasteiger charge is -2.43. The zero-order chi connectivity index (χ0) is 12.6. The first kappa shape index (κ1) is 13.0. The summed E-state index contributed by atoms with van der Waals surface area (Å²) in [5.41, 5.74) is -1.62. The molecule has 0 heterocycles. The number of carbonyl (C=O) groups excluding carboxylic acids is 1. The molecule has 2 nitrogen and oxygen atoms in total. The minimum Gasteiger partial charge on any atom is -0.460 e. The Morgan fingerprint density at radius 2 is 1.94 bits per heavy atom. The standard InChI is InChI=1S/C12H16F2O2/c1-5-11(7-12(13,14)8-11)6-9(15)16-10(2,3)4/h1H,6-8H2,2-4H3. The molecule has 16 heavy (non-hydrogen) atoms. The highest BCUT2D eigenvalue weighted by Gasteiger charge is 2.56. The van der Waals surface area contributed by atoms with Gasteiger partial charge in [-0.1, -0.05) is 5.92 Å². The summed E-state index contributed by atoms with van der Waals surface area (Å²) in [5, 5.41) is 0. The van der Waals surface area contributed by atoms with Gasteiger partial charge in [0.05, 0.1) is 11.8 Å². The average Bonchev–Trinajstić information content (AvgIpc) is 1.96. The summed E-state index contributed by atoms with van der Waals surface area (Å²) >= 11 is 0. The van der Waals surface area contributed by atoms with E-state index in [4.69, 9.17) is 11.2 Å². The summed E-state index contributed by atoms with van der Waals surface area (Å²) < 4.78 is 30.6. The first-order valence-corrected chi connectivity index (χ1v) is 5.15. The maximum absolute atomic E-state index is 12.8. The quantitative estimate of drug-likeness (QED) is 0.538. The lowest BCUT2D eigenvalue weighted by atomic mass is 9.65. The topological polar surface area (TPSA) is 26.3 Å². The van der Waals surface area contributed by atoms with Crippen LogP contribution >= 0.6 is 0 Å². The first-order valence-electron chi connectivity index (χ1n) is 5.15. The summed E-state index contributed by atoms with van der Waals surface area (Å²) in [6.45, 7) is 5.18. The van der Waals surface area contributed by atoms with Gasteiger partial charge in [0.2, 0.25) is 0 Å². The third-order valence-corrected chi connectivity index (χ3v) is 2.40. The molecule has 0 aromatic rings. The summed E-state index contributed by atoms with van der Waals surface area (Å²) in [7, 11) is 0. The molecule has 1 saturated carbocycles. The van der Waals surface area contributed by atoms with Crippen molar-refractivity contribution in [1.29, 1.82) is 0 Å². The molecule has 1 rings (SSSR count). The molecule has 0 spiro atoms. The molecule has 0 N–H and O–H groups in total. The predicted molar refractivity (Wildman–Crippen MR) is 55.9 cm³/mol. The van der Waals surface area contributed by atoms with Crippen LogP contribution in [0.5, 0.6) is 0 Å². The van der Waals surface area contributed by atoms with Crippen LogP contribution in [0.15, 0.2) is 0 Å². The van der Waals surface area contributed by atoms with Crippen molar-refractivity contribution in [3.8, 4) is 12.3 Å². The number of carbonyl (C=O) groups is 1. The van der Waals surface area contributed by atoms with Gasteiger partial charge in [0, 0.05) is 12.8 Å². The molecule has 0 aliphatic heterocycles. The highest BCUT2D eigenvalue weighted by Crippen LogP contribution is 2.53. The number of ether oxygens (including phenoxy) is 1. The monoisotopic (exact) mass is 230 g/mol. The Kier molecular flexibility index (Phi) is 3.02. The molecule has 0 bridgehead atoms. The van der Waals surface area contributed by atoms with Gasteiger partial charge in [-0.05, 0) is 20.8 Å². The predicted octanol–water partition coefficient (Wildman–Crippen LogP) is 2.77. The molecular formula is C12H16F2O2. The van der Waals surface area contributed by atoms with Gasteiger partial charge in [-0.25, -0.2) is 8.78 Å². The van der Waals surface area contributed by atoms with Gasteiger partial charge in [-0.3, -0.25) is 4.79 Å². The Balaban J connectivity index is 2.55. The van der Waals surface area contributed by atoms with Gasteiger partial charge in [-0.2, -0.15) is 0 Å². The Hall–Kier alpha value is -1.11. The van der Waals surface area contributed by atoms with Gasteiger partial charge < -0.3 is 4.74 Å². The van der Waals surface area contributed by atoms with E-state index in [0.717, 1.165) is 0 Å². The Morgan fingerprint density at radius 3 is 2.25 bits per heavy atom. The van der Waals surface area contributed by atoms with Crippen molar-refractivity contribution in [3.05, 3.63) is 0 Å². The summed E-state index contributed by atoms with van der Waals surface area (Å²) in [6.07, 6.45) is 4.24. The minimum absolute atomic E-state index is 0.129. The summed E-state index contributed by atoms with van der Waals surface area (Å²) in [6, 6.07) is 0. The average molecular weight is 230 g/mol. The Bertz CT molecular complexity index is 326. The van der Waals surface area contributed by atoms with Gasteiger partial charge in [0.15, 0.2) is 0 Å². The van der Waals surface area contributed by atoms with E-state index in [1.807, 2.05) is 0 Å². The van der Waals surface area contributed by atoms with Gasteiger partial charge >= 0.3 is 5.97 Å². The van der Waals surface area contributed by atoms with E-state index in [-0.39, 0.29) is 6.42 Å². The number of esters is 1. The van der Waals surface area contributed by atoms with Crippen LogP contribution in [0.25, 0.3) is 0 Å². The van der Waals surface area contributed by atoms with Gasteiger partial charge in [0.25, 0.3) is 5.92 Å². The van der Waals surface area contributed by atoms with Crippen molar-refractivity contribution in [1.82, 2.24) is 0 Å². The van der Waals surface area contributed by atoms with E-state index >= 15 is 0 Å². The van der Waals surface area contributed by atoms with Crippen molar-refractivity contribution >= 4 is 5.97 Å². The summed E-state index contributed by atoms with van der Waals surface area (Å²) in [5.74, 6) is -0.934. The number of alkyl halides is 2. The zero-order valence-electron chi connectivity index (χ0n) is 9.77. The van der Waals surface area contributed by atoms with E-state index in [1.165, 1.54) is 0 Å². The molecule has 0 saturated heterocycles. The molecule has 0 radical (unpaired) electrons. The van der Waals surface area contributed by atoms with Crippen molar-refractivity contribution in [2.24, 2.45) is 5.41 Å². The highest BCUT2D eigenvalue weighted by molar-refractivity contribution is 5.71. The number of hydrogen-bond acceptors (Lipinski definition) is 2. The van der Waals surface area contributed by atoms with Crippen LogP contribution in [0.2, 0.25) is 0 Å². The number of hydrogen-bond donors (Lipinski definition) is 0. The molecule has 4 heteroatoms. The number of halogens is 2. The maximum atomic E-state index is 12.8. The zero-order valence-corrected chi connectivity index (χ0v) is 9.77. The van der Waals surface area contributed by atoms with Crippen LogP contribution in [0.3, 0.4) is 0 Å². The van der Waals surface area contributed by atoms with Crippen molar-refractivity contribution in [3.63, 3.8) is 0 Å². The Morgan fingerprint density at radius 1 is 1.44 bits per heavy atom. The molecule has 1 fully saturated rings. The van der Waals surface area contributed by atoms with Crippen LogP contribution in [0, 0.1) is 17.8 Å². The van der Waals surface area contributed by atoms with Gasteiger partial charge in [-0.15, -0.1) is 6.42 Å². The van der Waals surface area contributed by atoms with E-state index in [9.17, 15) is 13.6 Å². The largest absolute Gasteiger partial charge is 0.460 e. The minimum atomic E-state index is -2.73. The third-order valence-electron chi connectivity index (χ3n) is 2.40. The van der Waals surface area contributed by atoms with Crippen molar-refractivity contribution in [2.75, 3.05) is 0 Å². The number of terminal acetylenes is 1. The second-order valence-corrected chi connectivity index (χ2v) is 5.40. The molecule has 1 aliphatic carbocycles. The van der Waals surface area contributed by atoms with Crippen LogP contribution in [-0.4, -0.2) is 17.5 Å². The van der Waals surface area contributed by atoms with E-state index in [0.29, 0.717) is 0 Å². The van der Waals surface area contributed by atoms with Crippen LogP contribution in [0.4, 0.5) is 8.78 Å². The lowest BCUT2D eigenvalue weighted by molar-refractivity contribution is -0.171. The SMILES string of the molecule is C#CC1(CC(=O)OC(C)(C)C)CC(F)(F)C1. The number of rotatable bonds is 2. The summed E-state index contributed by atoms with van der Waals surface area (Å²) in [4.78, 5) is 11.5. The van der Waals surface area contributed by atoms with Crippen LogP contribution in [-0.2, 0) is 9.53 Å². The molecule has 0 atom stereocenters. The maximum Gasteiger partial charge on any atom is 0.307 e. The van der Waals surface area contributed by atoms with Crippen molar-refractivity contribution < 1.29 is 18.3 Å². The second-order valence-electron chi connectivity index (χ2n) is 5.40. The molecule has 0 unspecified atom stereocenters. The van der Waals surface area contributed by atoms with Crippen LogP contribution < -0.4 is 0 Å². The molecule has 1 aliphatic rings. The molecule has 0 aromatic carbocycles. The highest BCUT2D eigenvalue weighted by atomic mass is 19.3.